The lowest BCUT2D eigenvalue weighted by Crippen LogP contribution is -2.50. The second-order valence-corrected chi connectivity index (χ2v) is 5.24. The van der Waals surface area contributed by atoms with Crippen LogP contribution in [0, 0.1) is 6.92 Å². The topological polar surface area (TPSA) is 15.3 Å². The highest BCUT2D eigenvalue weighted by atomic mass is 15.2. The average Bonchev–Trinajstić information content (AvgIpc) is 2.29. The molecular formula is C15H26N2. The van der Waals surface area contributed by atoms with Crippen LogP contribution < -0.4 is 5.32 Å². The Morgan fingerprint density at radius 2 is 2.00 bits per heavy atom. The molecule has 2 heteroatoms. The molecule has 2 atom stereocenters. The Morgan fingerprint density at radius 3 is 2.41 bits per heavy atom. The van der Waals surface area contributed by atoms with Gasteiger partial charge in [-0.05, 0) is 47.0 Å². The van der Waals surface area contributed by atoms with Gasteiger partial charge in [-0.2, -0.15) is 0 Å². The minimum atomic E-state index is 0.128. The van der Waals surface area contributed by atoms with Crippen LogP contribution in [0.25, 0.3) is 0 Å². The van der Waals surface area contributed by atoms with E-state index in [0.29, 0.717) is 6.04 Å². The fourth-order valence-electron chi connectivity index (χ4n) is 2.46. The van der Waals surface area contributed by atoms with Crippen molar-refractivity contribution in [3.63, 3.8) is 0 Å². The summed E-state index contributed by atoms with van der Waals surface area (Å²) in [6.45, 7) is 6.71. The number of likely N-dealkylation sites (N-methyl/N-ethyl adjacent to an activating group) is 2. The zero-order chi connectivity index (χ0) is 13.1. The van der Waals surface area contributed by atoms with Gasteiger partial charge in [0.15, 0.2) is 0 Å². The minimum absolute atomic E-state index is 0.128. The number of aryl methyl sites for hydroxylation is 1. The largest absolute Gasteiger partial charge is 0.311 e. The number of benzene rings is 1. The third-order valence-corrected chi connectivity index (χ3v) is 4.02. The third kappa shape index (κ3) is 2.88. The maximum atomic E-state index is 3.48. The van der Waals surface area contributed by atoms with Crippen LogP contribution in [-0.2, 0) is 0 Å². The molecule has 0 aromatic heterocycles. The van der Waals surface area contributed by atoms with Crippen LogP contribution in [0.15, 0.2) is 24.3 Å². The summed E-state index contributed by atoms with van der Waals surface area (Å²) in [7, 11) is 6.36. The monoisotopic (exact) mass is 234 g/mol. The van der Waals surface area contributed by atoms with E-state index in [1.54, 1.807) is 0 Å². The van der Waals surface area contributed by atoms with Gasteiger partial charge in [-0.25, -0.2) is 0 Å². The standard InChI is InChI=1S/C15H26N2/c1-7-15(3,17(5)6)14(16-4)13-10-8-9-12(2)11-13/h8-11,14,16H,7H2,1-6H3. The summed E-state index contributed by atoms with van der Waals surface area (Å²) in [6.07, 6.45) is 1.11. The van der Waals surface area contributed by atoms with Crippen LogP contribution in [0.1, 0.15) is 37.4 Å². The van der Waals surface area contributed by atoms with Gasteiger partial charge in [0.1, 0.15) is 0 Å². The van der Waals surface area contributed by atoms with E-state index in [0.717, 1.165) is 6.42 Å². The van der Waals surface area contributed by atoms with Gasteiger partial charge in [0, 0.05) is 5.54 Å². The Labute approximate surface area is 106 Å². The van der Waals surface area contributed by atoms with E-state index >= 15 is 0 Å². The molecule has 1 N–H and O–H groups in total. The van der Waals surface area contributed by atoms with Crippen molar-refractivity contribution in [3.05, 3.63) is 35.4 Å². The smallest absolute Gasteiger partial charge is 0.0501 e. The van der Waals surface area contributed by atoms with Crippen molar-refractivity contribution in [1.29, 1.82) is 0 Å². The molecule has 0 radical (unpaired) electrons. The lowest BCUT2D eigenvalue weighted by Gasteiger charge is -2.43. The van der Waals surface area contributed by atoms with Gasteiger partial charge in [0.05, 0.1) is 6.04 Å². The molecule has 0 fully saturated rings. The highest BCUT2D eigenvalue weighted by Gasteiger charge is 2.34. The second-order valence-electron chi connectivity index (χ2n) is 5.24. The van der Waals surface area contributed by atoms with Crippen LogP contribution >= 0.6 is 0 Å². The number of hydrogen-bond donors (Lipinski definition) is 1. The molecule has 1 aromatic carbocycles. The van der Waals surface area contributed by atoms with E-state index in [2.05, 4.69) is 69.3 Å². The van der Waals surface area contributed by atoms with E-state index in [1.807, 2.05) is 7.05 Å². The summed E-state index contributed by atoms with van der Waals surface area (Å²) >= 11 is 0. The molecule has 96 valence electrons. The SMILES string of the molecule is CCC(C)(C(NC)c1cccc(C)c1)N(C)C. The Morgan fingerprint density at radius 1 is 1.35 bits per heavy atom. The lowest BCUT2D eigenvalue weighted by atomic mass is 9.83. The van der Waals surface area contributed by atoms with Crippen molar-refractivity contribution in [1.82, 2.24) is 10.2 Å². The van der Waals surface area contributed by atoms with Crippen LogP contribution in [-0.4, -0.2) is 31.6 Å². The number of rotatable bonds is 5. The Balaban J connectivity index is 3.14. The van der Waals surface area contributed by atoms with Crippen LogP contribution in [0.5, 0.6) is 0 Å². The van der Waals surface area contributed by atoms with Crippen molar-refractivity contribution in [2.75, 3.05) is 21.1 Å². The number of nitrogens with one attached hydrogen (secondary N) is 1. The zero-order valence-electron chi connectivity index (χ0n) is 12.0. The minimum Gasteiger partial charge on any atom is -0.311 e. The van der Waals surface area contributed by atoms with Crippen molar-refractivity contribution >= 4 is 0 Å². The summed E-state index contributed by atoms with van der Waals surface area (Å²) in [5.74, 6) is 0. The van der Waals surface area contributed by atoms with Gasteiger partial charge in [-0.3, -0.25) is 0 Å². The summed E-state index contributed by atoms with van der Waals surface area (Å²) in [4.78, 5) is 2.32. The van der Waals surface area contributed by atoms with Gasteiger partial charge in [0.2, 0.25) is 0 Å². The molecule has 0 spiro atoms. The predicted molar refractivity (Wildman–Crippen MR) is 75.4 cm³/mol. The molecule has 0 amide bonds. The normalized spacial score (nSPS) is 16.9. The van der Waals surface area contributed by atoms with Crippen LogP contribution in [0.3, 0.4) is 0 Å². The molecule has 0 aliphatic carbocycles. The quantitative estimate of drug-likeness (QED) is 0.842. The van der Waals surface area contributed by atoms with Gasteiger partial charge >= 0.3 is 0 Å². The summed E-state index contributed by atoms with van der Waals surface area (Å²) in [6, 6.07) is 9.13. The molecule has 0 heterocycles. The molecule has 17 heavy (non-hydrogen) atoms. The van der Waals surface area contributed by atoms with Gasteiger partial charge in [-0.15, -0.1) is 0 Å². The first-order valence-corrected chi connectivity index (χ1v) is 6.37. The Hall–Kier alpha value is -0.860. The van der Waals surface area contributed by atoms with Crippen molar-refractivity contribution in [2.45, 2.75) is 38.8 Å². The third-order valence-electron chi connectivity index (χ3n) is 4.02. The first kappa shape index (κ1) is 14.2. The molecule has 0 aliphatic heterocycles. The Kier molecular flexibility index (Phi) is 4.72. The van der Waals surface area contributed by atoms with Gasteiger partial charge in [0.25, 0.3) is 0 Å². The predicted octanol–water partition coefficient (Wildman–Crippen LogP) is 2.99. The molecule has 0 bridgehead atoms. The van der Waals surface area contributed by atoms with E-state index in [4.69, 9.17) is 0 Å². The molecule has 0 aliphatic rings. The first-order valence-electron chi connectivity index (χ1n) is 6.37. The fraction of sp³-hybridized carbons (Fsp3) is 0.600. The molecule has 2 nitrogen and oxygen atoms in total. The summed E-state index contributed by atoms with van der Waals surface area (Å²) < 4.78 is 0. The van der Waals surface area contributed by atoms with Crippen molar-refractivity contribution in [2.24, 2.45) is 0 Å². The van der Waals surface area contributed by atoms with Crippen molar-refractivity contribution in [3.8, 4) is 0 Å². The van der Waals surface area contributed by atoms with Crippen molar-refractivity contribution < 1.29 is 0 Å². The molecular weight excluding hydrogens is 208 g/mol. The number of nitrogens with zero attached hydrogens (tertiary/aromatic N) is 1. The number of hydrogen-bond acceptors (Lipinski definition) is 2. The highest BCUT2D eigenvalue weighted by Crippen LogP contribution is 2.32. The average molecular weight is 234 g/mol. The second kappa shape index (κ2) is 5.65. The lowest BCUT2D eigenvalue weighted by molar-refractivity contribution is 0.117. The highest BCUT2D eigenvalue weighted by molar-refractivity contribution is 5.27. The molecule has 1 rings (SSSR count). The fourth-order valence-corrected chi connectivity index (χ4v) is 2.46. The van der Waals surface area contributed by atoms with E-state index in [-0.39, 0.29) is 5.54 Å². The molecule has 0 saturated heterocycles. The van der Waals surface area contributed by atoms with Gasteiger partial charge < -0.3 is 10.2 Å². The van der Waals surface area contributed by atoms with E-state index < -0.39 is 0 Å². The van der Waals surface area contributed by atoms with E-state index in [1.165, 1.54) is 11.1 Å². The molecule has 0 saturated carbocycles. The maximum Gasteiger partial charge on any atom is 0.0501 e. The molecule has 1 aromatic rings. The Bertz CT molecular complexity index is 360. The summed E-state index contributed by atoms with van der Waals surface area (Å²) in [5, 5.41) is 3.48. The van der Waals surface area contributed by atoms with Crippen LogP contribution in [0.2, 0.25) is 0 Å². The molecule has 2 unspecified atom stereocenters. The zero-order valence-corrected chi connectivity index (χ0v) is 12.0. The summed E-state index contributed by atoms with van der Waals surface area (Å²) in [5.41, 5.74) is 2.81. The maximum absolute atomic E-state index is 3.48. The van der Waals surface area contributed by atoms with E-state index in [9.17, 15) is 0 Å². The van der Waals surface area contributed by atoms with Crippen LogP contribution in [0.4, 0.5) is 0 Å². The first-order chi connectivity index (χ1) is 7.95. The van der Waals surface area contributed by atoms with Gasteiger partial charge in [-0.1, -0.05) is 36.8 Å².